The van der Waals surface area contributed by atoms with Crippen molar-refractivity contribution in [2.45, 2.75) is 26.4 Å². The lowest BCUT2D eigenvalue weighted by atomic mass is 10.1. The van der Waals surface area contributed by atoms with Gasteiger partial charge >= 0.3 is 0 Å². The molecule has 4 heteroatoms. The largest absolute Gasteiger partial charge is 0.360 e. The molecule has 0 fully saturated rings. The molecular formula is C14H17ClN2O. The Morgan fingerprint density at radius 2 is 2.00 bits per heavy atom. The summed E-state index contributed by atoms with van der Waals surface area (Å²) in [5, 5.41) is 4.66. The van der Waals surface area contributed by atoms with Gasteiger partial charge in [0.05, 0.1) is 12.2 Å². The van der Waals surface area contributed by atoms with Crippen molar-refractivity contribution in [1.82, 2.24) is 10.1 Å². The van der Waals surface area contributed by atoms with Gasteiger partial charge in [-0.3, -0.25) is 4.90 Å². The highest BCUT2D eigenvalue weighted by atomic mass is 35.5. The van der Waals surface area contributed by atoms with Gasteiger partial charge in [0.2, 0.25) is 0 Å². The zero-order valence-corrected chi connectivity index (χ0v) is 11.6. The predicted molar refractivity (Wildman–Crippen MR) is 72.6 cm³/mol. The summed E-state index contributed by atoms with van der Waals surface area (Å²) in [5.41, 5.74) is 2.15. The second kappa shape index (κ2) is 5.55. The lowest BCUT2D eigenvalue weighted by Crippen LogP contribution is -2.21. The van der Waals surface area contributed by atoms with E-state index >= 15 is 0 Å². The Morgan fingerprint density at radius 3 is 2.56 bits per heavy atom. The first-order chi connectivity index (χ1) is 8.56. The third-order valence-corrected chi connectivity index (χ3v) is 3.35. The first-order valence-electron chi connectivity index (χ1n) is 5.94. The molecule has 96 valence electrons. The van der Waals surface area contributed by atoms with Crippen molar-refractivity contribution in [3.63, 3.8) is 0 Å². The SMILES string of the molecule is Cc1cc(CN(C)C(C)c2ccc(Cl)cc2)on1. The maximum absolute atomic E-state index is 5.89. The summed E-state index contributed by atoms with van der Waals surface area (Å²) < 4.78 is 5.23. The third kappa shape index (κ3) is 3.12. The van der Waals surface area contributed by atoms with Crippen molar-refractivity contribution in [3.05, 3.63) is 52.4 Å². The molecule has 0 spiro atoms. The number of nitrogens with zero attached hydrogens (tertiary/aromatic N) is 2. The van der Waals surface area contributed by atoms with Crippen molar-refractivity contribution in [3.8, 4) is 0 Å². The van der Waals surface area contributed by atoms with E-state index < -0.39 is 0 Å². The number of benzene rings is 1. The molecule has 3 nitrogen and oxygen atoms in total. The molecule has 18 heavy (non-hydrogen) atoms. The average Bonchev–Trinajstić information content (AvgIpc) is 2.75. The highest BCUT2D eigenvalue weighted by Gasteiger charge is 2.13. The maximum Gasteiger partial charge on any atom is 0.150 e. The minimum Gasteiger partial charge on any atom is -0.360 e. The average molecular weight is 265 g/mol. The molecule has 0 amide bonds. The van der Waals surface area contributed by atoms with Crippen LogP contribution in [0.2, 0.25) is 5.02 Å². The van der Waals surface area contributed by atoms with Crippen LogP contribution in [-0.4, -0.2) is 17.1 Å². The van der Waals surface area contributed by atoms with Gasteiger partial charge in [0.25, 0.3) is 0 Å². The number of aromatic nitrogens is 1. The summed E-state index contributed by atoms with van der Waals surface area (Å²) in [6.45, 7) is 4.83. The van der Waals surface area contributed by atoms with Crippen LogP contribution in [0.15, 0.2) is 34.9 Å². The summed E-state index contributed by atoms with van der Waals surface area (Å²) >= 11 is 5.89. The molecule has 0 radical (unpaired) electrons. The number of hydrogen-bond donors (Lipinski definition) is 0. The Labute approximate surface area is 112 Å². The Hall–Kier alpha value is -1.32. The zero-order chi connectivity index (χ0) is 13.1. The van der Waals surface area contributed by atoms with Gasteiger partial charge in [-0.25, -0.2) is 0 Å². The molecule has 0 saturated heterocycles. The van der Waals surface area contributed by atoms with Gasteiger partial charge in [0, 0.05) is 17.1 Å². The smallest absolute Gasteiger partial charge is 0.150 e. The molecule has 2 rings (SSSR count). The van der Waals surface area contributed by atoms with Crippen LogP contribution in [0.1, 0.15) is 30.0 Å². The molecule has 0 aliphatic carbocycles. The Kier molecular flexibility index (Phi) is 4.04. The van der Waals surface area contributed by atoms with Crippen LogP contribution in [0.25, 0.3) is 0 Å². The van der Waals surface area contributed by atoms with Crippen LogP contribution in [0.3, 0.4) is 0 Å². The highest BCUT2D eigenvalue weighted by molar-refractivity contribution is 6.30. The van der Waals surface area contributed by atoms with Crippen LogP contribution in [-0.2, 0) is 6.54 Å². The second-order valence-corrected chi connectivity index (χ2v) is 5.01. The maximum atomic E-state index is 5.89. The van der Waals surface area contributed by atoms with Gasteiger partial charge in [-0.15, -0.1) is 0 Å². The van der Waals surface area contributed by atoms with Crippen LogP contribution >= 0.6 is 11.6 Å². The molecule has 1 atom stereocenters. The number of halogens is 1. The standard InChI is InChI=1S/C14H17ClN2O/c1-10-8-14(18-16-10)9-17(3)11(2)12-4-6-13(15)7-5-12/h4-8,11H,9H2,1-3H3. The fourth-order valence-electron chi connectivity index (χ4n) is 1.87. The minimum absolute atomic E-state index is 0.299. The molecule has 1 aromatic heterocycles. The van der Waals surface area contributed by atoms with E-state index in [0.717, 1.165) is 23.0 Å². The normalized spacial score (nSPS) is 12.9. The molecule has 1 unspecified atom stereocenters. The minimum atomic E-state index is 0.299. The highest BCUT2D eigenvalue weighted by Crippen LogP contribution is 2.22. The van der Waals surface area contributed by atoms with Crippen LogP contribution in [0.5, 0.6) is 0 Å². The fourth-order valence-corrected chi connectivity index (χ4v) is 2.00. The van der Waals surface area contributed by atoms with E-state index in [2.05, 4.69) is 36.2 Å². The zero-order valence-electron chi connectivity index (χ0n) is 10.9. The van der Waals surface area contributed by atoms with Crippen LogP contribution in [0, 0.1) is 6.92 Å². The summed E-state index contributed by atoms with van der Waals surface area (Å²) in [7, 11) is 2.07. The number of hydrogen-bond acceptors (Lipinski definition) is 3. The van der Waals surface area contributed by atoms with Crippen molar-refractivity contribution in [1.29, 1.82) is 0 Å². The van der Waals surface area contributed by atoms with Crippen molar-refractivity contribution >= 4 is 11.6 Å². The lowest BCUT2D eigenvalue weighted by Gasteiger charge is -2.23. The second-order valence-electron chi connectivity index (χ2n) is 4.58. The third-order valence-electron chi connectivity index (χ3n) is 3.10. The van der Waals surface area contributed by atoms with E-state index in [-0.39, 0.29) is 0 Å². The molecule has 2 aromatic rings. The number of aryl methyl sites for hydroxylation is 1. The van der Waals surface area contributed by atoms with Crippen molar-refractivity contribution in [2.75, 3.05) is 7.05 Å². The molecule has 1 heterocycles. The van der Waals surface area contributed by atoms with E-state index in [0.29, 0.717) is 6.04 Å². The molecule has 0 aliphatic heterocycles. The van der Waals surface area contributed by atoms with E-state index in [1.54, 1.807) is 0 Å². The molecule has 1 aromatic carbocycles. The van der Waals surface area contributed by atoms with Crippen molar-refractivity contribution < 1.29 is 4.52 Å². The summed E-state index contributed by atoms with van der Waals surface area (Å²) in [6, 6.07) is 10.2. The van der Waals surface area contributed by atoms with Crippen LogP contribution in [0.4, 0.5) is 0 Å². The van der Waals surface area contributed by atoms with Gasteiger partial charge in [0.15, 0.2) is 5.76 Å². The summed E-state index contributed by atoms with van der Waals surface area (Å²) in [6.07, 6.45) is 0. The van der Waals surface area contributed by atoms with Gasteiger partial charge in [-0.05, 0) is 38.6 Å². The van der Waals surface area contributed by atoms with E-state index in [1.807, 2.05) is 25.1 Å². The Bertz CT molecular complexity index is 507. The quantitative estimate of drug-likeness (QED) is 0.840. The van der Waals surface area contributed by atoms with E-state index in [1.165, 1.54) is 5.56 Å². The summed E-state index contributed by atoms with van der Waals surface area (Å²) in [5.74, 6) is 0.885. The lowest BCUT2D eigenvalue weighted by molar-refractivity contribution is 0.220. The fraction of sp³-hybridized carbons (Fsp3) is 0.357. The first-order valence-corrected chi connectivity index (χ1v) is 6.32. The van der Waals surface area contributed by atoms with Gasteiger partial charge < -0.3 is 4.52 Å². The van der Waals surface area contributed by atoms with E-state index in [9.17, 15) is 0 Å². The van der Waals surface area contributed by atoms with Crippen LogP contribution < -0.4 is 0 Å². The first kappa shape index (κ1) is 13.1. The van der Waals surface area contributed by atoms with Gasteiger partial charge in [-0.2, -0.15) is 0 Å². The molecule has 0 saturated carbocycles. The molecule has 0 bridgehead atoms. The molecule has 0 N–H and O–H groups in total. The Morgan fingerprint density at radius 1 is 1.33 bits per heavy atom. The topological polar surface area (TPSA) is 29.3 Å². The molecular weight excluding hydrogens is 248 g/mol. The van der Waals surface area contributed by atoms with Crippen molar-refractivity contribution in [2.24, 2.45) is 0 Å². The monoisotopic (exact) mass is 264 g/mol. The Balaban J connectivity index is 2.04. The molecule has 0 aliphatic rings. The summed E-state index contributed by atoms with van der Waals surface area (Å²) in [4.78, 5) is 2.21. The van der Waals surface area contributed by atoms with Gasteiger partial charge in [-0.1, -0.05) is 28.9 Å². The number of rotatable bonds is 4. The predicted octanol–water partition coefficient (Wildman–Crippen LogP) is 3.83. The van der Waals surface area contributed by atoms with Gasteiger partial charge in [0.1, 0.15) is 0 Å². The van der Waals surface area contributed by atoms with E-state index in [4.69, 9.17) is 16.1 Å².